The first-order chi connectivity index (χ1) is 12.8. The maximum atomic E-state index is 12.9. The first kappa shape index (κ1) is 19.5. The summed E-state index contributed by atoms with van der Waals surface area (Å²) in [5.74, 6) is -0.305. The van der Waals surface area contributed by atoms with E-state index in [1.54, 1.807) is 6.07 Å². The summed E-state index contributed by atoms with van der Waals surface area (Å²) in [4.78, 5) is 16.6. The van der Waals surface area contributed by atoms with E-state index in [0.29, 0.717) is 0 Å². The molecule has 1 aliphatic rings. The van der Waals surface area contributed by atoms with Crippen LogP contribution >= 0.6 is 0 Å². The van der Waals surface area contributed by atoms with Crippen molar-refractivity contribution in [3.63, 3.8) is 0 Å². The highest BCUT2D eigenvalue weighted by Gasteiger charge is 2.39. The van der Waals surface area contributed by atoms with Crippen LogP contribution in [0.2, 0.25) is 0 Å². The molecule has 1 saturated carbocycles. The number of hydrogen-bond donors (Lipinski definition) is 1. The van der Waals surface area contributed by atoms with Crippen LogP contribution in [-0.4, -0.2) is 36.2 Å². The van der Waals surface area contributed by atoms with E-state index in [9.17, 15) is 13.2 Å². The second-order valence-electron chi connectivity index (χ2n) is 7.10. The lowest BCUT2D eigenvalue weighted by molar-refractivity contribution is -0.122. The number of carbonyl (C=O) groups excluding carboxylic acids is 1. The van der Waals surface area contributed by atoms with Gasteiger partial charge in [0, 0.05) is 18.4 Å². The Bertz CT molecular complexity index is 925. The van der Waals surface area contributed by atoms with Crippen molar-refractivity contribution >= 4 is 15.9 Å². The smallest absolute Gasteiger partial charge is 0.245 e. The standard InChI is InChI=1S/C20H25N3O3S/c1-14-6-7-17(11-15(14)2)16(3)22-20(24)13-23(18-8-9-18)27(25,26)19-5-4-10-21-12-19/h4-7,10-12,16,18H,8-9,13H2,1-3H3,(H,22,24)/t16-/m0/s1. The number of nitrogens with zero attached hydrogens (tertiary/aromatic N) is 2. The third-order valence-corrected chi connectivity index (χ3v) is 6.78. The predicted octanol–water partition coefficient (Wildman–Crippen LogP) is 2.73. The number of pyridine rings is 1. The Balaban J connectivity index is 1.71. The zero-order chi connectivity index (χ0) is 19.6. The van der Waals surface area contributed by atoms with Crippen molar-refractivity contribution in [1.29, 1.82) is 0 Å². The minimum atomic E-state index is -3.74. The van der Waals surface area contributed by atoms with Crippen LogP contribution in [0.25, 0.3) is 0 Å². The predicted molar refractivity (Wildman–Crippen MR) is 104 cm³/mol. The van der Waals surface area contributed by atoms with Gasteiger partial charge in [-0.3, -0.25) is 9.78 Å². The van der Waals surface area contributed by atoms with Crippen LogP contribution < -0.4 is 5.32 Å². The maximum absolute atomic E-state index is 12.9. The van der Waals surface area contributed by atoms with E-state index in [1.165, 1.54) is 28.3 Å². The highest BCUT2D eigenvalue weighted by molar-refractivity contribution is 7.89. The summed E-state index contributed by atoms with van der Waals surface area (Å²) >= 11 is 0. The van der Waals surface area contributed by atoms with E-state index in [1.807, 2.05) is 39.0 Å². The fraction of sp³-hybridized carbons (Fsp3) is 0.400. The molecular formula is C20H25N3O3S. The van der Waals surface area contributed by atoms with Gasteiger partial charge in [-0.15, -0.1) is 0 Å². The van der Waals surface area contributed by atoms with Crippen molar-refractivity contribution in [2.45, 2.75) is 50.6 Å². The van der Waals surface area contributed by atoms with Crippen LogP contribution in [0.4, 0.5) is 0 Å². The van der Waals surface area contributed by atoms with Gasteiger partial charge >= 0.3 is 0 Å². The highest BCUT2D eigenvalue weighted by Crippen LogP contribution is 2.31. The molecule has 1 fully saturated rings. The molecule has 7 heteroatoms. The summed E-state index contributed by atoms with van der Waals surface area (Å²) in [5, 5.41) is 2.92. The molecule has 0 unspecified atom stereocenters. The molecule has 0 saturated heterocycles. The third-order valence-electron chi connectivity index (χ3n) is 4.90. The summed E-state index contributed by atoms with van der Waals surface area (Å²) < 4.78 is 27.1. The number of amides is 1. The van der Waals surface area contributed by atoms with Gasteiger partial charge in [-0.25, -0.2) is 8.42 Å². The summed E-state index contributed by atoms with van der Waals surface area (Å²) in [6, 6.07) is 8.84. The molecule has 1 heterocycles. The Morgan fingerprint density at radius 2 is 2.00 bits per heavy atom. The molecule has 6 nitrogen and oxygen atoms in total. The van der Waals surface area contributed by atoms with Crippen molar-refractivity contribution in [3.05, 3.63) is 59.4 Å². The SMILES string of the molecule is Cc1ccc([C@H](C)NC(=O)CN(C2CC2)S(=O)(=O)c2cccnc2)cc1C. The molecule has 1 aromatic carbocycles. The first-order valence-electron chi connectivity index (χ1n) is 9.07. The lowest BCUT2D eigenvalue weighted by Crippen LogP contribution is -2.42. The molecule has 27 heavy (non-hydrogen) atoms. The van der Waals surface area contributed by atoms with Gasteiger partial charge in [-0.1, -0.05) is 18.2 Å². The van der Waals surface area contributed by atoms with Crippen molar-refractivity contribution in [3.8, 4) is 0 Å². The lowest BCUT2D eigenvalue weighted by Gasteiger charge is -2.23. The second-order valence-corrected chi connectivity index (χ2v) is 8.99. The number of aromatic nitrogens is 1. The fourth-order valence-corrected chi connectivity index (χ4v) is 4.56. The lowest BCUT2D eigenvalue weighted by atomic mass is 10.0. The van der Waals surface area contributed by atoms with Crippen LogP contribution in [0, 0.1) is 13.8 Å². The topological polar surface area (TPSA) is 79.4 Å². The molecule has 0 radical (unpaired) electrons. The van der Waals surface area contributed by atoms with Crippen LogP contribution in [0.3, 0.4) is 0 Å². The molecule has 1 atom stereocenters. The summed E-state index contributed by atoms with van der Waals surface area (Å²) in [6.07, 6.45) is 4.40. The van der Waals surface area contributed by atoms with Gasteiger partial charge in [-0.2, -0.15) is 4.31 Å². The van der Waals surface area contributed by atoms with E-state index < -0.39 is 10.0 Å². The fourth-order valence-electron chi connectivity index (χ4n) is 2.95. The van der Waals surface area contributed by atoms with Gasteiger partial charge in [-0.05, 0) is 62.4 Å². The minimum Gasteiger partial charge on any atom is -0.348 e. The van der Waals surface area contributed by atoms with Crippen molar-refractivity contribution < 1.29 is 13.2 Å². The molecule has 0 aliphatic heterocycles. The van der Waals surface area contributed by atoms with Gasteiger partial charge < -0.3 is 5.32 Å². The monoisotopic (exact) mass is 387 g/mol. The molecular weight excluding hydrogens is 362 g/mol. The van der Waals surface area contributed by atoms with Crippen molar-refractivity contribution in [2.24, 2.45) is 0 Å². The Labute approximate surface area is 160 Å². The molecule has 1 N–H and O–H groups in total. The number of carbonyl (C=O) groups is 1. The summed E-state index contributed by atoms with van der Waals surface area (Å²) in [7, 11) is -3.74. The molecule has 2 aromatic rings. The zero-order valence-corrected chi connectivity index (χ0v) is 16.7. The number of benzene rings is 1. The minimum absolute atomic E-state index is 0.113. The third kappa shape index (κ3) is 4.54. The maximum Gasteiger partial charge on any atom is 0.245 e. The quantitative estimate of drug-likeness (QED) is 0.792. The van der Waals surface area contributed by atoms with Gasteiger partial charge in [0.05, 0.1) is 12.6 Å². The molecule has 1 amide bonds. The molecule has 3 rings (SSSR count). The van der Waals surface area contributed by atoms with Crippen LogP contribution in [0.15, 0.2) is 47.6 Å². The van der Waals surface area contributed by atoms with Crippen LogP contribution in [0.5, 0.6) is 0 Å². The Morgan fingerprint density at radius 3 is 2.59 bits per heavy atom. The van der Waals surface area contributed by atoms with Gasteiger partial charge in [0.1, 0.15) is 4.90 Å². The zero-order valence-electron chi connectivity index (χ0n) is 15.8. The van der Waals surface area contributed by atoms with Crippen LogP contribution in [0.1, 0.15) is 42.5 Å². The number of hydrogen-bond acceptors (Lipinski definition) is 4. The van der Waals surface area contributed by atoms with E-state index in [4.69, 9.17) is 0 Å². The Kier molecular flexibility index (Phi) is 5.62. The summed E-state index contributed by atoms with van der Waals surface area (Å²) in [5.41, 5.74) is 3.35. The number of nitrogens with one attached hydrogen (secondary N) is 1. The Hall–Kier alpha value is -2.25. The average Bonchev–Trinajstić information content (AvgIpc) is 3.47. The van der Waals surface area contributed by atoms with Gasteiger partial charge in [0.2, 0.25) is 15.9 Å². The number of rotatable bonds is 7. The van der Waals surface area contributed by atoms with E-state index >= 15 is 0 Å². The van der Waals surface area contributed by atoms with Gasteiger partial charge in [0.25, 0.3) is 0 Å². The molecule has 1 aromatic heterocycles. The largest absolute Gasteiger partial charge is 0.348 e. The Morgan fingerprint density at radius 1 is 1.26 bits per heavy atom. The number of sulfonamides is 1. The summed E-state index contributed by atoms with van der Waals surface area (Å²) in [6.45, 7) is 5.79. The van der Waals surface area contributed by atoms with E-state index in [0.717, 1.165) is 24.0 Å². The molecule has 0 spiro atoms. The highest BCUT2D eigenvalue weighted by atomic mass is 32.2. The molecule has 144 valence electrons. The van der Waals surface area contributed by atoms with Gasteiger partial charge in [0.15, 0.2) is 0 Å². The van der Waals surface area contributed by atoms with Crippen LogP contribution in [-0.2, 0) is 14.8 Å². The normalized spacial score (nSPS) is 15.6. The van der Waals surface area contributed by atoms with E-state index in [-0.39, 0.29) is 29.4 Å². The average molecular weight is 388 g/mol. The second kappa shape index (κ2) is 7.78. The van der Waals surface area contributed by atoms with Crippen molar-refractivity contribution in [2.75, 3.05) is 6.54 Å². The number of aryl methyl sites for hydroxylation is 2. The first-order valence-corrected chi connectivity index (χ1v) is 10.5. The molecule has 1 aliphatic carbocycles. The van der Waals surface area contributed by atoms with E-state index in [2.05, 4.69) is 10.3 Å². The molecule has 0 bridgehead atoms. The van der Waals surface area contributed by atoms with Crippen molar-refractivity contribution in [1.82, 2.24) is 14.6 Å².